The Bertz CT molecular complexity index is 50.0. The fourth-order valence-electron chi connectivity index (χ4n) is 0.702. The predicted molar refractivity (Wildman–Crippen MR) is 29.1 cm³/mol. The van der Waals surface area contributed by atoms with Gasteiger partial charge in [-0.15, -0.1) is 11.6 Å². The van der Waals surface area contributed by atoms with Crippen LogP contribution in [0.4, 0.5) is 0 Å². The number of halogens is 1. The van der Waals surface area contributed by atoms with Gasteiger partial charge in [0.2, 0.25) is 0 Å². The van der Waals surface area contributed by atoms with Crippen LogP contribution in [0.25, 0.3) is 0 Å². The third-order valence-corrected chi connectivity index (χ3v) is 1.39. The maximum absolute atomic E-state index is 5.36. The second kappa shape index (κ2) is 2.53. The summed E-state index contributed by atoms with van der Waals surface area (Å²) in [5.41, 5.74) is 0. The molecule has 0 aromatic rings. The summed E-state index contributed by atoms with van der Waals surface area (Å²) in [5, 5.41) is 0. The van der Waals surface area contributed by atoms with Gasteiger partial charge in [-0.2, -0.15) is 0 Å². The van der Waals surface area contributed by atoms with Crippen LogP contribution < -0.4 is 0 Å². The monoisotopic (exact) mass is 119 g/mol. The molecule has 0 bridgehead atoms. The van der Waals surface area contributed by atoms with Gasteiger partial charge in [0.15, 0.2) is 0 Å². The van der Waals surface area contributed by atoms with E-state index >= 15 is 0 Å². The Balaban J connectivity index is 2.14. The van der Waals surface area contributed by atoms with Crippen molar-refractivity contribution in [1.29, 1.82) is 0 Å². The molecule has 0 amide bonds. The normalized spacial score (nSPS) is 31.3. The van der Waals surface area contributed by atoms with Crippen LogP contribution in [0.1, 0.15) is 12.8 Å². The smallest absolute Gasteiger partial charge is 0.0786 e. The van der Waals surface area contributed by atoms with Crippen molar-refractivity contribution in [1.82, 2.24) is 0 Å². The molecule has 1 aliphatic rings. The van der Waals surface area contributed by atoms with Crippen molar-refractivity contribution in [3.63, 3.8) is 0 Å². The molecule has 41 valence electrons. The van der Waals surface area contributed by atoms with E-state index in [-0.39, 0.29) is 6.10 Å². The molecule has 1 radical (unpaired) electrons. The quantitative estimate of drug-likeness (QED) is 0.509. The van der Waals surface area contributed by atoms with Crippen LogP contribution in [0.2, 0.25) is 0 Å². The van der Waals surface area contributed by atoms with Crippen LogP contribution in [0.3, 0.4) is 0 Å². The molecule has 7 heavy (non-hydrogen) atoms. The van der Waals surface area contributed by atoms with Crippen LogP contribution in [-0.2, 0) is 4.74 Å². The van der Waals surface area contributed by atoms with Crippen molar-refractivity contribution >= 4 is 11.6 Å². The molecule has 1 aliphatic heterocycles. The lowest BCUT2D eigenvalue weighted by Gasteiger charge is -1.99. The largest absolute Gasteiger partial charge is 0.377 e. The number of hydrogen-bond acceptors (Lipinski definition) is 1. The van der Waals surface area contributed by atoms with Crippen molar-refractivity contribution in [3.05, 3.63) is 5.88 Å². The van der Waals surface area contributed by atoms with E-state index in [0.29, 0.717) is 0 Å². The summed E-state index contributed by atoms with van der Waals surface area (Å²) < 4.78 is 5.11. The van der Waals surface area contributed by atoms with Crippen molar-refractivity contribution in [3.8, 4) is 0 Å². The van der Waals surface area contributed by atoms with Gasteiger partial charge < -0.3 is 4.74 Å². The lowest BCUT2D eigenvalue weighted by Crippen LogP contribution is -1.99. The lowest BCUT2D eigenvalue weighted by atomic mass is 10.3. The van der Waals surface area contributed by atoms with Crippen LogP contribution in [0.5, 0.6) is 0 Å². The van der Waals surface area contributed by atoms with E-state index in [0.717, 1.165) is 19.4 Å². The van der Waals surface area contributed by atoms with Gasteiger partial charge in [-0.25, -0.2) is 0 Å². The number of ether oxygens (including phenoxy) is 1. The minimum absolute atomic E-state index is 0.238. The zero-order valence-corrected chi connectivity index (χ0v) is 4.82. The molecule has 1 saturated heterocycles. The summed E-state index contributed by atoms with van der Waals surface area (Å²) >= 11 is 5.36. The average molecular weight is 120 g/mol. The summed E-state index contributed by atoms with van der Waals surface area (Å²) in [7, 11) is 0. The van der Waals surface area contributed by atoms with Gasteiger partial charge in [0.1, 0.15) is 0 Å². The minimum atomic E-state index is 0.238. The Kier molecular flexibility index (Phi) is 1.95. The summed E-state index contributed by atoms with van der Waals surface area (Å²) in [6.07, 6.45) is 2.50. The first-order valence-electron chi connectivity index (χ1n) is 2.48. The fraction of sp³-hybridized carbons (Fsp3) is 0.800. The summed E-state index contributed by atoms with van der Waals surface area (Å²) in [6, 6.07) is 0. The van der Waals surface area contributed by atoms with Crippen molar-refractivity contribution in [2.24, 2.45) is 0 Å². The molecule has 2 heteroatoms. The van der Waals surface area contributed by atoms with Crippen LogP contribution in [-0.4, -0.2) is 12.7 Å². The number of rotatable bonds is 1. The molecule has 1 fully saturated rings. The van der Waals surface area contributed by atoms with Crippen LogP contribution >= 0.6 is 11.6 Å². The standard InChI is InChI=1S/C5H8ClO/c6-4-5-2-1-3-7-5/h4-5H,1-3H2. The molecule has 1 rings (SSSR count). The first-order valence-corrected chi connectivity index (χ1v) is 2.92. The zero-order chi connectivity index (χ0) is 5.11. The Morgan fingerprint density at radius 3 is 2.86 bits per heavy atom. The van der Waals surface area contributed by atoms with Crippen molar-refractivity contribution in [2.75, 3.05) is 6.61 Å². The molecule has 0 saturated carbocycles. The summed E-state index contributed by atoms with van der Waals surface area (Å²) in [5.74, 6) is 1.59. The van der Waals surface area contributed by atoms with E-state index in [1.807, 2.05) is 0 Å². The van der Waals surface area contributed by atoms with Gasteiger partial charge in [0.05, 0.1) is 12.0 Å². The SMILES string of the molecule is Cl[CH]C1CCCO1. The second-order valence-electron chi connectivity index (χ2n) is 1.68. The molecule has 1 heterocycles. The topological polar surface area (TPSA) is 9.23 Å². The predicted octanol–water partition coefficient (Wildman–Crippen LogP) is 1.57. The Labute approximate surface area is 48.6 Å². The zero-order valence-electron chi connectivity index (χ0n) is 4.06. The maximum Gasteiger partial charge on any atom is 0.0786 e. The van der Waals surface area contributed by atoms with Crippen molar-refractivity contribution in [2.45, 2.75) is 18.9 Å². The van der Waals surface area contributed by atoms with Crippen molar-refractivity contribution < 1.29 is 4.74 Å². The first-order chi connectivity index (χ1) is 3.43. The first kappa shape index (κ1) is 5.39. The Morgan fingerprint density at radius 2 is 2.57 bits per heavy atom. The lowest BCUT2D eigenvalue weighted by molar-refractivity contribution is 0.140. The van der Waals surface area contributed by atoms with E-state index in [1.54, 1.807) is 5.88 Å². The maximum atomic E-state index is 5.36. The molecule has 0 aromatic heterocycles. The molecule has 1 unspecified atom stereocenters. The van der Waals surface area contributed by atoms with E-state index in [9.17, 15) is 0 Å². The fourth-order valence-corrected chi connectivity index (χ4v) is 0.901. The highest BCUT2D eigenvalue weighted by Gasteiger charge is 2.13. The molecule has 1 atom stereocenters. The van der Waals surface area contributed by atoms with Crippen LogP contribution in [0.15, 0.2) is 0 Å². The molecule has 1 nitrogen and oxygen atoms in total. The van der Waals surface area contributed by atoms with Gasteiger partial charge >= 0.3 is 0 Å². The molecule has 0 spiro atoms. The van der Waals surface area contributed by atoms with Gasteiger partial charge in [0.25, 0.3) is 0 Å². The third kappa shape index (κ3) is 1.32. The Hall–Kier alpha value is 0.250. The third-order valence-electron chi connectivity index (χ3n) is 1.11. The molecule has 0 aliphatic carbocycles. The van der Waals surface area contributed by atoms with E-state index < -0.39 is 0 Å². The highest BCUT2D eigenvalue weighted by Crippen LogP contribution is 2.15. The van der Waals surface area contributed by atoms with Crippen LogP contribution in [0, 0.1) is 5.88 Å². The minimum Gasteiger partial charge on any atom is -0.377 e. The van der Waals surface area contributed by atoms with Gasteiger partial charge in [0, 0.05) is 6.61 Å². The Morgan fingerprint density at radius 1 is 1.71 bits per heavy atom. The molecule has 0 N–H and O–H groups in total. The highest BCUT2D eigenvalue weighted by molar-refractivity contribution is 6.23. The summed E-state index contributed by atoms with van der Waals surface area (Å²) in [4.78, 5) is 0. The molecular formula is C5H8ClO. The van der Waals surface area contributed by atoms with Gasteiger partial charge in [-0.3, -0.25) is 0 Å². The second-order valence-corrected chi connectivity index (χ2v) is 1.93. The van der Waals surface area contributed by atoms with E-state index in [1.165, 1.54) is 0 Å². The molecule has 0 aromatic carbocycles. The highest BCUT2D eigenvalue weighted by atomic mass is 35.5. The molecular weight excluding hydrogens is 112 g/mol. The van der Waals surface area contributed by atoms with E-state index in [2.05, 4.69) is 0 Å². The van der Waals surface area contributed by atoms with Gasteiger partial charge in [-0.1, -0.05) is 0 Å². The van der Waals surface area contributed by atoms with E-state index in [4.69, 9.17) is 16.3 Å². The number of hydrogen-bond donors (Lipinski definition) is 0. The van der Waals surface area contributed by atoms with Gasteiger partial charge in [-0.05, 0) is 12.8 Å². The average Bonchev–Trinajstić information content (AvgIpc) is 2.14. The summed E-state index contributed by atoms with van der Waals surface area (Å²) in [6.45, 7) is 0.883.